The Labute approximate surface area is 220 Å². The van der Waals surface area contributed by atoms with Gasteiger partial charge in [0.05, 0.1) is 35.0 Å². The first-order chi connectivity index (χ1) is 18.0. The van der Waals surface area contributed by atoms with Gasteiger partial charge in [-0.25, -0.2) is 4.98 Å². The van der Waals surface area contributed by atoms with Gasteiger partial charge in [0.2, 0.25) is 0 Å². The molecule has 0 aliphatic carbocycles. The molecule has 2 aliphatic rings. The number of fused-ring (bicyclic) bond motifs is 2. The van der Waals surface area contributed by atoms with Crippen molar-refractivity contribution in [2.75, 3.05) is 31.1 Å². The molecule has 2 saturated heterocycles. The Kier molecular flexibility index (Phi) is 7.31. The van der Waals surface area contributed by atoms with E-state index in [9.17, 15) is 0 Å². The van der Waals surface area contributed by atoms with E-state index in [1.807, 2.05) is 26.2 Å². The molecule has 6 nitrogen and oxygen atoms in total. The normalized spacial score (nSPS) is 19.4. The van der Waals surface area contributed by atoms with Crippen LogP contribution in [0.1, 0.15) is 42.5 Å². The number of morpholine rings is 1. The Morgan fingerprint density at radius 3 is 2.43 bits per heavy atom. The number of pyridine rings is 1. The number of ether oxygens (including phenoxy) is 1. The van der Waals surface area contributed by atoms with Crippen molar-refractivity contribution in [2.24, 2.45) is 0 Å². The lowest BCUT2D eigenvalue weighted by molar-refractivity contribution is -0.00899. The van der Waals surface area contributed by atoms with Gasteiger partial charge in [0.15, 0.2) is 0 Å². The van der Waals surface area contributed by atoms with Crippen molar-refractivity contribution in [3.63, 3.8) is 0 Å². The molecule has 2 aromatic carbocycles. The minimum absolute atomic E-state index is 0.186. The van der Waals surface area contributed by atoms with Crippen molar-refractivity contribution < 1.29 is 4.74 Å². The molecule has 2 fully saturated rings. The fourth-order valence-corrected chi connectivity index (χ4v) is 5.88. The first kappa shape index (κ1) is 25.4. The molecule has 4 heterocycles. The van der Waals surface area contributed by atoms with Crippen molar-refractivity contribution in [3.8, 4) is 22.5 Å². The fourth-order valence-electron chi connectivity index (χ4n) is 5.88. The lowest BCUT2D eigenvalue weighted by Gasteiger charge is -2.43. The summed E-state index contributed by atoms with van der Waals surface area (Å²) in [6, 6.07) is 11.5. The summed E-state index contributed by atoms with van der Waals surface area (Å²) in [6.07, 6.45) is 5.22. The van der Waals surface area contributed by atoms with E-state index >= 15 is 0 Å². The summed E-state index contributed by atoms with van der Waals surface area (Å²) in [4.78, 5) is 15.9. The van der Waals surface area contributed by atoms with Gasteiger partial charge < -0.3 is 19.9 Å². The van der Waals surface area contributed by atoms with E-state index in [1.54, 1.807) is 0 Å². The molecule has 0 amide bonds. The summed E-state index contributed by atoms with van der Waals surface area (Å²) in [5.41, 5.74) is 11.6. The standard InChI is InChI=1S/C29H33N5O.C2H6/c1-17-9-18(2)12-21(11-17)22-14-30-15-23(29-32-25-13-19(3)10-20(4)27(25)33-29)28(22)34-7-5-24-26(16-34)35-8-6-31-24;1-2/h9-15,24,26,31H,5-8,16H2,1-4H3,(H,32,33);1-2H3/t24-,26?;/m1./s1. The molecule has 2 aliphatic heterocycles. The highest BCUT2D eigenvalue weighted by molar-refractivity contribution is 5.92. The number of nitrogens with one attached hydrogen (secondary N) is 2. The predicted molar refractivity (Wildman–Crippen MR) is 153 cm³/mol. The Balaban J connectivity index is 0.00000137. The molecule has 0 spiro atoms. The van der Waals surface area contributed by atoms with E-state index in [0.29, 0.717) is 6.04 Å². The van der Waals surface area contributed by atoms with Crippen LogP contribution in [-0.2, 0) is 4.74 Å². The Morgan fingerprint density at radius 2 is 1.65 bits per heavy atom. The number of aryl methyl sites for hydroxylation is 4. The molecule has 0 saturated carbocycles. The number of aromatic amines is 1. The highest BCUT2D eigenvalue weighted by atomic mass is 16.5. The molecule has 6 rings (SSSR count). The van der Waals surface area contributed by atoms with E-state index in [4.69, 9.17) is 14.7 Å². The summed E-state index contributed by atoms with van der Waals surface area (Å²) in [5, 5.41) is 3.65. The third-order valence-electron chi connectivity index (χ3n) is 7.34. The number of hydrogen-bond donors (Lipinski definition) is 2. The Hall–Kier alpha value is -3.22. The number of H-pyrrole nitrogens is 1. The van der Waals surface area contributed by atoms with Crippen molar-refractivity contribution in [3.05, 3.63) is 65.0 Å². The second kappa shape index (κ2) is 10.6. The van der Waals surface area contributed by atoms with Crippen molar-refractivity contribution in [1.29, 1.82) is 0 Å². The van der Waals surface area contributed by atoms with Gasteiger partial charge in [0, 0.05) is 43.6 Å². The molecule has 6 heteroatoms. The number of benzene rings is 2. The minimum atomic E-state index is 0.186. The van der Waals surface area contributed by atoms with Crippen LogP contribution in [-0.4, -0.2) is 53.3 Å². The zero-order valence-corrected chi connectivity index (χ0v) is 23.0. The third-order valence-corrected chi connectivity index (χ3v) is 7.34. The Morgan fingerprint density at radius 1 is 0.919 bits per heavy atom. The SMILES string of the molecule is CC.Cc1cc(C)cc(-c2cncc(-c3nc4c(C)cc(C)cc4[nH]3)c2N2CC[C@H]3NCCOC3C2)c1. The molecular weight excluding hydrogens is 458 g/mol. The van der Waals surface area contributed by atoms with E-state index < -0.39 is 0 Å². The second-order valence-corrected chi connectivity index (χ2v) is 10.2. The van der Waals surface area contributed by atoms with Crippen molar-refractivity contribution in [1.82, 2.24) is 20.3 Å². The highest BCUT2D eigenvalue weighted by Gasteiger charge is 2.34. The zero-order valence-electron chi connectivity index (χ0n) is 23.0. The average molecular weight is 498 g/mol. The summed E-state index contributed by atoms with van der Waals surface area (Å²) in [7, 11) is 0. The molecule has 194 valence electrons. The van der Waals surface area contributed by atoms with Crippen LogP contribution in [0.3, 0.4) is 0 Å². The summed E-state index contributed by atoms with van der Waals surface area (Å²) < 4.78 is 6.20. The first-order valence-corrected chi connectivity index (χ1v) is 13.6. The lowest BCUT2D eigenvalue weighted by Crippen LogP contribution is -2.57. The molecule has 0 bridgehead atoms. The van der Waals surface area contributed by atoms with E-state index in [0.717, 1.165) is 60.6 Å². The number of anilines is 1. The summed E-state index contributed by atoms with van der Waals surface area (Å²) in [6.45, 7) is 16.1. The first-order valence-electron chi connectivity index (χ1n) is 13.6. The van der Waals surface area contributed by atoms with E-state index in [-0.39, 0.29) is 6.10 Å². The van der Waals surface area contributed by atoms with E-state index in [1.165, 1.54) is 33.5 Å². The van der Waals surface area contributed by atoms with Gasteiger partial charge in [-0.15, -0.1) is 0 Å². The molecule has 2 N–H and O–H groups in total. The fraction of sp³-hybridized carbons (Fsp3) is 0.419. The maximum Gasteiger partial charge on any atom is 0.142 e. The molecule has 2 aromatic heterocycles. The molecule has 0 radical (unpaired) electrons. The van der Waals surface area contributed by atoms with Gasteiger partial charge in [0.25, 0.3) is 0 Å². The average Bonchev–Trinajstić information content (AvgIpc) is 3.33. The molecule has 4 aromatic rings. The largest absolute Gasteiger partial charge is 0.373 e. The van der Waals surface area contributed by atoms with Crippen LogP contribution in [0.5, 0.6) is 0 Å². The maximum absolute atomic E-state index is 6.20. The monoisotopic (exact) mass is 497 g/mol. The van der Waals surface area contributed by atoms with Crippen LogP contribution in [0.25, 0.3) is 33.5 Å². The van der Waals surface area contributed by atoms with Crippen LogP contribution in [0.4, 0.5) is 5.69 Å². The van der Waals surface area contributed by atoms with Gasteiger partial charge >= 0.3 is 0 Å². The molecular formula is C31H39N5O. The van der Waals surface area contributed by atoms with Gasteiger partial charge in [-0.05, 0) is 56.9 Å². The van der Waals surface area contributed by atoms with Crippen molar-refractivity contribution in [2.45, 2.75) is 60.1 Å². The van der Waals surface area contributed by atoms with Gasteiger partial charge in [0.1, 0.15) is 5.82 Å². The minimum Gasteiger partial charge on any atom is -0.373 e. The number of aromatic nitrogens is 3. The van der Waals surface area contributed by atoms with Crippen LogP contribution >= 0.6 is 0 Å². The number of piperidine rings is 1. The maximum atomic E-state index is 6.20. The summed E-state index contributed by atoms with van der Waals surface area (Å²) >= 11 is 0. The molecule has 37 heavy (non-hydrogen) atoms. The molecule has 2 atom stereocenters. The quantitative estimate of drug-likeness (QED) is 0.357. The Bertz CT molecular complexity index is 1390. The number of hydrogen-bond acceptors (Lipinski definition) is 5. The number of rotatable bonds is 3. The van der Waals surface area contributed by atoms with E-state index in [2.05, 4.69) is 73.2 Å². The predicted octanol–water partition coefficient (Wildman–Crippen LogP) is 6.12. The van der Waals surface area contributed by atoms with Crippen LogP contribution in [0.2, 0.25) is 0 Å². The van der Waals surface area contributed by atoms with Crippen LogP contribution in [0, 0.1) is 27.7 Å². The smallest absolute Gasteiger partial charge is 0.142 e. The highest BCUT2D eigenvalue weighted by Crippen LogP contribution is 2.40. The molecule has 1 unspecified atom stereocenters. The summed E-state index contributed by atoms with van der Waals surface area (Å²) in [5.74, 6) is 0.868. The van der Waals surface area contributed by atoms with Crippen LogP contribution in [0.15, 0.2) is 42.7 Å². The number of imidazole rings is 1. The van der Waals surface area contributed by atoms with Crippen LogP contribution < -0.4 is 10.2 Å². The topological polar surface area (TPSA) is 66.1 Å². The van der Waals surface area contributed by atoms with Gasteiger partial charge in [-0.2, -0.15) is 0 Å². The second-order valence-electron chi connectivity index (χ2n) is 10.2. The lowest BCUT2D eigenvalue weighted by atomic mass is 9.95. The zero-order chi connectivity index (χ0) is 26.1. The third kappa shape index (κ3) is 5.00. The van der Waals surface area contributed by atoms with Gasteiger partial charge in [-0.1, -0.05) is 49.2 Å². The number of nitrogens with zero attached hydrogens (tertiary/aromatic N) is 3. The van der Waals surface area contributed by atoms with Crippen molar-refractivity contribution >= 4 is 16.7 Å². The van der Waals surface area contributed by atoms with Gasteiger partial charge in [-0.3, -0.25) is 4.98 Å².